The highest BCUT2D eigenvalue weighted by atomic mass is 31.2. The van der Waals surface area contributed by atoms with Crippen molar-refractivity contribution in [2.75, 3.05) is 54.1 Å². The molecule has 0 spiro atoms. The van der Waals surface area contributed by atoms with Gasteiger partial charge >= 0.3 is 12.0 Å². The van der Waals surface area contributed by atoms with Crippen LogP contribution in [0.3, 0.4) is 0 Å². The predicted octanol–water partition coefficient (Wildman–Crippen LogP) is 5.71. The molecule has 0 radical (unpaired) electrons. The summed E-state index contributed by atoms with van der Waals surface area (Å²) in [7, 11) is -4.27. The Labute approximate surface area is 328 Å². The van der Waals surface area contributed by atoms with Crippen LogP contribution in [-0.2, 0) is 28.4 Å². The zero-order chi connectivity index (χ0) is 40.2. The van der Waals surface area contributed by atoms with E-state index in [1.807, 2.05) is 42.5 Å². The molecule has 1 unspecified atom stereocenters. The van der Waals surface area contributed by atoms with Gasteiger partial charge < -0.3 is 45.2 Å². The lowest BCUT2D eigenvalue weighted by atomic mass is 10.1. The van der Waals surface area contributed by atoms with Gasteiger partial charge in [-0.2, -0.15) is 0 Å². The Hall–Kier alpha value is -5.89. The summed E-state index contributed by atoms with van der Waals surface area (Å²) in [6.07, 6.45) is 4.32. The van der Waals surface area contributed by atoms with E-state index >= 15 is 0 Å². The highest BCUT2D eigenvalue weighted by Crippen LogP contribution is 2.40. The van der Waals surface area contributed by atoms with Gasteiger partial charge in [0.25, 0.3) is 11.8 Å². The number of aromatic amines is 3. The Kier molecular flexibility index (Phi) is 9.92. The number of carbonyl (C=O) groups excluding carboxylic acids is 4. The van der Waals surface area contributed by atoms with E-state index in [0.717, 1.165) is 56.5 Å². The average Bonchev–Trinajstić information content (AvgIpc) is 4.02. The maximum absolute atomic E-state index is 13.9. The largest absolute Gasteiger partial charge is 0.769 e. The first-order valence-corrected chi connectivity index (χ1v) is 21.2. The van der Waals surface area contributed by atoms with Gasteiger partial charge in [0.1, 0.15) is 17.1 Å². The van der Waals surface area contributed by atoms with Crippen molar-refractivity contribution in [3.05, 3.63) is 88.4 Å². The lowest BCUT2D eigenvalue weighted by Crippen LogP contribution is -2.33. The molecule has 0 bridgehead atoms. The first-order valence-electron chi connectivity index (χ1n) is 19.2. The Morgan fingerprint density at radius 1 is 0.684 bits per heavy atom. The van der Waals surface area contributed by atoms with Gasteiger partial charge in [0.15, 0.2) is 7.60 Å². The minimum absolute atomic E-state index is 0.0118. The van der Waals surface area contributed by atoms with Gasteiger partial charge in [-0.05, 0) is 116 Å². The van der Waals surface area contributed by atoms with Crippen LogP contribution in [0, 0.1) is 0 Å². The molecule has 16 heteroatoms. The van der Waals surface area contributed by atoms with Crippen LogP contribution in [0.4, 0.5) is 21.9 Å². The number of nitrogens with two attached hydrogens (primary N) is 1. The summed E-state index contributed by atoms with van der Waals surface area (Å²) in [6.45, 7) is 8.96. The molecule has 6 aromatic rings. The molecular formula is C41H44N8O7P-. The number of benzene rings is 3. The third kappa shape index (κ3) is 6.96. The second-order valence-corrected chi connectivity index (χ2v) is 16.4. The maximum atomic E-state index is 13.9. The number of amides is 4. The molecule has 3 aromatic heterocycles. The molecule has 3 aliphatic heterocycles. The van der Waals surface area contributed by atoms with E-state index in [-0.39, 0.29) is 17.5 Å². The molecule has 296 valence electrons. The van der Waals surface area contributed by atoms with Crippen molar-refractivity contribution in [3.63, 3.8) is 0 Å². The number of fused-ring (bicyclic) bond motifs is 9. The topological polar surface area (TPSA) is 213 Å². The summed E-state index contributed by atoms with van der Waals surface area (Å²) in [6, 6.07) is 15.8. The van der Waals surface area contributed by atoms with Crippen molar-refractivity contribution in [1.29, 1.82) is 0 Å². The normalized spacial score (nSPS) is 15.4. The van der Waals surface area contributed by atoms with Crippen molar-refractivity contribution in [1.82, 2.24) is 20.3 Å². The number of nitrogens with one attached hydrogen (secondary N) is 4. The van der Waals surface area contributed by atoms with Gasteiger partial charge in [-0.3, -0.25) is 19.1 Å². The minimum atomic E-state index is -4.27. The van der Waals surface area contributed by atoms with E-state index in [1.54, 1.807) is 26.8 Å². The number of nitrogens with zero attached hydrogens (tertiary/aromatic N) is 3. The lowest BCUT2D eigenvalue weighted by Gasteiger charge is -2.16. The van der Waals surface area contributed by atoms with Crippen LogP contribution < -0.4 is 30.6 Å². The Bertz CT molecular complexity index is 2650. The first kappa shape index (κ1) is 38.0. The van der Waals surface area contributed by atoms with Gasteiger partial charge in [0, 0.05) is 76.1 Å². The number of hydrogen-bond acceptors (Lipinski definition) is 8. The third-order valence-electron chi connectivity index (χ3n) is 10.8. The first-order chi connectivity index (χ1) is 27.4. The molecule has 0 saturated carbocycles. The van der Waals surface area contributed by atoms with Gasteiger partial charge in [0.2, 0.25) is 0 Å². The molecule has 0 aliphatic carbocycles. The van der Waals surface area contributed by atoms with Crippen LogP contribution in [0.1, 0.15) is 74.8 Å². The van der Waals surface area contributed by atoms with Gasteiger partial charge in [-0.25, -0.2) is 9.59 Å². The standard InChI is InChI=1S/C35H30N7O7P.C6H15N/c1-50(47,48)49-34(45)28-16-22-18-9-12-41(30(18)6-3-25(22)39-28)32(43)26-14-20-17-8-11-40(29(17)5-2-23(20)37-26)33(44)27-15-21-19-10-13-42(35(36)46)31(19)7-4-24(21)38-27;1-3-5-7-6-4-2/h2-7,14-16,37-39H,8-13H2,1H3,(H2,36,46)(H,47,48);7H,3-6H2,1-2H3/p-1. The van der Waals surface area contributed by atoms with Crippen LogP contribution in [0.2, 0.25) is 0 Å². The molecule has 4 amide bonds. The monoisotopic (exact) mass is 791 g/mol. The molecule has 0 saturated heterocycles. The predicted molar refractivity (Wildman–Crippen MR) is 219 cm³/mol. The summed E-state index contributed by atoms with van der Waals surface area (Å²) in [5.41, 5.74) is 13.8. The van der Waals surface area contributed by atoms with Crippen LogP contribution in [0.25, 0.3) is 32.7 Å². The molecule has 0 fully saturated rings. The number of anilines is 3. The highest BCUT2D eigenvalue weighted by Gasteiger charge is 2.33. The number of urea groups is 1. The van der Waals surface area contributed by atoms with Crippen molar-refractivity contribution in [2.24, 2.45) is 5.73 Å². The smallest absolute Gasteiger partial charge is 0.359 e. The fourth-order valence-corrected chi connectivity index (χ4v) is 8.70. The van der Waals surface area contributed by atoms with E-state index in [4.69, 9.17) is 5.73 Å². The molecule has 6 heterocycles. The van der Waals surface area contributed by atoms with Crippen molar-refractivity contribution < 1.29 is 33.2 Å². The minimum Gasteiger partial charge on any atom is -0.769 e. The fraction of sp³-hybridized carbons (Fsp3) is 0.317. The van der Waals surface area contributed by atoms with E-state index in [1.165, 1.54) is 25.9 Å². The zero-order valence-electron chi connectivity index (χ0n) is 32.0. The number of primary amides is 1. The van der Waals surface area contributed by atoms with Gasteiger partial charge in [0.05, 0.1) is 0 Å². The van der Waals surface area contributed by atoms with Crippen LogP contribution >= 0.6 is 7.60 Å². The van der Waals surface area contributed by atoms with Gasteiger partial charge in [-0.15, -0.1) is 0 Å². The molecule has 9 rings (SSSR count). The van der Waals surface area contributed by atoms with E-state index in [9.17, 15) is 28.6 Å². The zero-order valence-corrected chi connectivity index (χ0v) is 32.9. The number of rotatable bonds is 8. The van der Waals surface area contributed by atoms with Crippen molar-refractivity contribution >= 4 is 81.2 Å². The number of H-pyrrole nitrogens is 3. The molecule has 6 N–H and O–H groups in total. The maximum Gasteiger partial charge on any atom is 0.359 e. The number of carbonyl (C=O) groups is 4. The van der Waals surface area contributed by atoms with Crippen LogP contribution in [-0.4, -0.2) is 78.2 Å². The van der Waals surface area contributed by atoms with Crippen molar-refractivity contribution in [3.8, 4) is 0 Å². The molecule has 1 atom stereocenters. The lowest BCUT2D eigenvalue weighted by molar-refractivity contribution is -0.191. The van der Waals surface area contributed by atoms with E-state index < -0.39 is 19.6 Å². The fourth-order valence-electron chi connectivity index (χ4n) is 8.30. The van der Waals surface area contributed by atoms with E-state index in [2.05, 4.69) is 38.6 Å². The van der Waals surface area contributed by atoms with E-state index in [0.29, 0.717) is 66.9 Å². The molecule has 3 aliphatic rings. The highest BCUT2D eigenvalue weighted by molar-refractivity contribution is 7.51. The average molecular weight is 792 g/mol. The molecule has 57 heavy (non-hydrogen) atoms. The quantitative estimate of drug-likeness (QED) is 0.0949. The van der Waals surface area contributed by atoms with Gasteiger partial charge in [-0.1, -0.05) is 13.8 Å². The Morgan fingerprint density at radius 2 is 1.07 bits per heavy atom. The molecule has 15 nitrogen and oxygen atoms in total. The van der Waals surface area contributed by atoms with Crippen LogP contribution in [0.5, 0.6) is 0 Å². The summed E-state index contributed by atoms with van der Waals surface area (Å²) >= 11 is 0. The Morgan fingerprint density at radius 3 is 1.47 bits per heavy atom. The second kappa shape index (κ2) is 14.9. The number of aromatic nitrogens is 3. The van der Waals surface area contributed by atoms with Crippen LogP contribution in [0.15, 0.2) is 54.6 Å². The van der Waals surface area contributed by atoms with Crippen molar-refractivity contribution in [2.45, 2.75) is 46.0 Å². The number of hydrogen-bond donors (Lipinski definition) is 5. The summed E-state index contributed by atoms with van der Waals surface area (Å²) in [5.74, 6) is -1.37. The third-order valence-corrected chi connectivity index (χ3v) is 11.3. The Balaban J connectivity index is 0.000000598. The summed E-state index contributed by atoms with van der Waals surface area (Å²) in [4.78, 5) is 78.0. The summed E-state index contributed by atoms with van der Waals surface area (Å²) < 4.78 is 16.0. The summed E-state index contributed by atoms with van der Waals surface area (Å²) in [5, 5.41) is 5.77. The second-order valence-electron chi connectivity index (χ2n) is 14.7. The SMILES string of the molecule is CCCNCCC.CP(=O)([O-])OC(=O)c1cc2c3c(ccc2[nH]1)N(C(=O)c1cc2c4c(ccc2[nH]1)N(C(=O)c1cc2c5c(ccc2[nH]1)N(C(N)=O)CC5)CC4)CC3. The molecule has 3 aromatic carbocycles. The molecular weight excluding hydrogens is 747 g/mol.